The predicted octanol–water partition coefficient (Wildman–Crippen LogP) is 1.64. The molecule has 0 unspecified atom stereocenters. The Labute approximate surface area is 144 Å². The van der Waals surface area contributed by atoms with Crippen LogP contribution in [0.15, 0.2) is 12.4 Å². The molecule has 0 saturated heterocycles. The quantitative estimate of drug-likeness (QED) is 0.702. The minimum absolute atomic E-state index is 0.0338. The van der Waals surface area contributed by atoms with Crippen molar-refractivity contribution in [1.29, 1.82) is 0 Å². The van der Waals surface area contributed by atoms with Crippen molar-refractivity contribution in [1.82, 2.24) is 24.9 Å². The highest BCUT2D eigenvalue weighted by Gasteiger charge is 2.10. The van der Waals surface area contributed by atoms with Crippen LogP contribution in [0, 0.1) is 13.8 Å². The molecule has 2 aromatic heterocycles. The van der Waals surface area contributed by atoms with Crippen LogP contribution in [-0.2, 0) is 17.9 Å². The van der Waals surface area contributed by atoms with Gasteiger partial charge in [0.25, 0.3) is 5.91 Å². The molecule has 0 spiro atoms. The topological polar surface area (TPSA) is 102 Å². The Morgan fingerprint density at radius 1 is 1.33 bits per heavy atom. The Morgan fingerprint density at radius 2 is 2.08 bits per heavy atom. The minimum atomic E-state index is -0.902. The molecule has 0 aliphatic heterocycles. The number of carboxylic acids is 1. The first-order valence-corrected chi connectivity index (χ1v) is 7.98. The zero-order chi connectivity index (χ0) is 17.7. The van der Waals surface area contributed by atoms with Crippen LogP contribution in [0.1, 0.15) is 34.6 Å². The molecule has 0 saturated carbocycles. The fraction of sp³-hybridized carbons (Fsp3) is 0.467. The average Bonchev–Trinajstić information content (AvgIpc) is 3.11. The average molecular weight is 354 g/mol. The van der Waals surface area contributed by atoms with Crippen LogP contribution in [0.2, 0.25) is 5.02 Å². The summed E-state index contributed by atoms with van der Waals surface area (Å²) in [6.07, 6.45) is 3.65. The molecular formula is C15H20ClN5O3. The van der Waals surface area contributed by atoms with Gasteiger partial charge in [-0.1, -0.05) is 11.6 Å². The Bertz CT molecular complexity index is 738. The number of nitrogens with one attached hydrogen (secondary N) is 1. The van der Waals surface area contributed by atoms with E-state index in [4.69, 9.17) is 16.7 Å². The third kappa shape index (κ3) is 4.58. The molecular weight excluding hydrogens is 334 g/mol. The first-order chi connectivity index (χ1) is 11.4. The first-order valence-electron chi connectivity index (χ1n) is 7.60. The Kier molecular flexibility index (Phi) is 5.97. The molecule has 0 radical (unpaired) electrons. The fourth-order valence-electron chi connectivity index (χ4n) is 2.24. The Morgan fingerprint density at radius 3 is 2.71 bits per heavy atom. The molecule has 24 heavy (non-hydrogen) atoms. The summed E-state index contributed by atoms with van der Waals surface area (Å²) in [6.45, 7) is 5.16. The molecule has 0 aliphatic carbocycles. The van der Waals surface area contributed by atoms with Crippen LogP contribution in [0.5, 0.6) is 0 Å². The van der Waals surface area contributed by atoms with Gasteiger partial charge in [0, 0.05) is 19.3 Å². The van der Waals surface area contributed by atoms with Gasteiger partial charge in [0.05, 0.1) is 41.1 Å². The maximum atomic E-state index is 12.0. The Balaban J connectivity index is 1.77. The van der Waals surface area contributed by atoms with Gasteiger partial charge in [-0.05, 0) is 20.3 Å². The molecule has 0 bridgehead atoms. The van der Waals surface area contributed by atoms with E-state index in [1.54, 1.807) is 6.20 Å². The van der Waals surface area contributed by atoms with Crippen LogP contribution < -0.4 is 5.32 Å². The monoisotopic (exact) mass is 353 g/mol. The highest BCUT2D eigenvalue weighted by molar-refractivity contribution is 6.31. The zero-order valence-corrected chi connectivity index (χ0v) is 14.4. The van der Waals surface area contributed by atoms with Crippen LogP contribution in [-0.4, -0.2) is 43.1 Å². The summed E-state index contributed by atoms with van der Waals surface area (Å²) in [5.74, 6) is -1.14. The largest absolute Gasteiger partial charge is 0.481 e. The summed E-state index contributed by atoms with van der Waals surface area (Å²) in [5, 5.41) is 20.4. The number of aryl methyl sites for hydroxylation is 3. The number of carbonyl (C=O) groups is 2. The van der Waals surface area contributed by atoms with Crippen LogP contribution >= 0.6 is 11.6 Å². The van der Waals surface area contributed by atoms with Gasteiger partial charge in [-0.25, -0.2) is 0 Å². The lowest BCUT2D eigenvalue weighted by atomic mass is 10.3. The molecule has 2 rings (SSSR count). The summed E-state index contributed by atoms with van der Waals surface area (Å²) in [6, 6.07) is 0. The number of amides is 1. The molecule has 2 aromatic rings. The number of hydrogen-bond acceptors (Lipinski definition) is 4. The number of halogens is 1. The lowest BCUT2D eigenvalue weighted by molar-refractivity contribution is -0.137. The Hall–Kier alpha value is -2.35. The third-order valence-electron chi connectivity index (χ3n) is 3.58. The van der Waals surface area contributed by atoms with Crippen molar-refractivity contribution < 1.29 is 14.7 Å². The standard InChI is InChI=1S/C15H20ClN5O3/c1-10-14(16)11(2)21(19-10)6-3-5-17-15(24)12-8-18-20(9-12)7-4-13(22)23/h8-9H,3-7H2,1-2H3,(H,17,24)(H,22,23). The second kappa shape index (κ2) is 7.96. The first kappa shape index (κ1) is 18.0. The number of aromatic nitrogens is 4. The second-order valence-corrected chi connectivity index (χ2v) is 5.83. The van der Waals surface area contributed by atoms with Gasteiger partial charge in [0.15, 0.2) is 0 Å². The normalized spacial score (nSPS) is 10.8. The van der Waals surface area contributed by atoms with Gasteiger partial charge in [0.2, 0.25) is 0 Å². The van der Waals surface area contributed by atoms with Crippen LogP contribution in [0.4, 0.5) is 0 Å². The van der Waals surface area contributed by atoms with Crippen molar-refractivity contribution in [3.8, 4) is 0 Å². The zero-order valence-electron chi connectivity index (χ0n) is 13.6. The third-order valence-corrected chi connectivity index (χ3v) is 4.12. The smallest absolute Gasteiger partial charge is 0.305 e. The lowest BCUT2D eigenvalue weighted by Crippen LogP contribution is -2.25. The van der Waals surface area contributed by atoms with Crippen molar-refractivity contribution in [2.75, 3.05) is 6.54 Å². The van der Waals surface area contributed by atoms with E-state index in [0.717, 1.165) is 17.8 Å². The lowest BCUT2D eigenvalue weighted by Gasteiger charge is -2.06. The maximum Gasteiger partial charge on any atom is 0.305 e. The molecule has 8 nitrogen and oxygen atoms in total. The number of nitrogens with zero attached hydrogens (tertiary/aromatic N) is 4. The van der Waals surface area contributed by atoms with E-state index < -0.39 is 5.97 Å². The fourth-order valence-corrected chi connectivity index (χ4v) is 2.37. The number of hydrogen-bond donors (Lipinski definition) is 2. The van der Waals surface area contributed by atoms with Crippen molar-refractivity contribution in [3.05, 3.63) is 34.4 Å². The highest BCUT2D eigenvalue weighted by Crippen LogP contribution is 2.18. The summed E-state index contributed by atoms with van der Waals surface area (Å²) in [7, 11) is 0. The molecule has 2 heterocycles. The summed E-state index contributed by atoms with van der Waals surface area (Å²) in [5.41, 5.74) is 2.13. The SMILES string of the molecule is Cc1nn(CCCNC(=O)c2cnn(CCC(=O)O)c2)c(C)c1Cl. The molecule has 0 atom stereocenters. The van der Waals surface area contributed by atoms with Gasteiger partial charge >= 0.3 is 5.97 Å². The van der Waals surface area contributed by atoms with E-state index in [1.165, 1.54) is 10.9 Å². The van der Waals surface area contributed by atoms with E-state index in [1.807, 2.05) is 18.5 Å². The summed E-state index contributed by atoms with van der Waals surface area (Å²) < 4.78 is 3.27. The second-order valence-electron chi connectivity index (χ2n) is 5.45. The van der Waals surface area contributed by atoms with E-state index >= 15 is 0 Å². The van der Waals surface area contributed by atoms with Crippen molar-refractivity contribution in [3.63, 3.8) is 0 Å². The van der Waals surface area contributed by atoms with E-state index in [0.29, 0.717) is 23.7 Å². The van der Waals surface area contributed by atoms with E-state index in [2.05, 4.69) is 15.5 Å². The number of carboxylic acid groups (broad SMARTS) is 1. The van der Waals surface area contributed by atoms with Crippen molar-refractivity contribution in [2.24, 2.45) is 0 Å². The molecule has 130 valence electrons. The predicted molar refractivity (Wildman–Crippen MR) is 88.1 cm³/mol. The van der Waals surface area contributed by atoms with Gasteiger partial charge in [-0.2, -0.15) is 10.2 Å². The molecule has 9 heteroatoms. The molecule has 0 aromatic carbocycles. The van der Waals surface area contributed by atoms with E-state index in [9.17, 15) is 9.59 Å². The highest BCUT2D eigenvalue weighted by atomic mass is 35.5. The van der Waals surface area contributed by atoms with Gasteiger partial charge in [-0.15, -0.1) is 0 Å². The molecule has 0 fully saturated rings. The number of rotatable bonds is 8. The summed E-state index contributed by atoms with van der Waals surface area (Å²) in [4.78, 5) is 22.5. The number of carbonyl (C=O) groups excluding carboxylic acids is 1. The number of aliphatic carboxylic acids is 1. The van der Waals surface area contributed by atoms with Crippen LogP contribution in [0.3, 0.4) is 0 Å². The van der Waals surface area contributed by atoms with Crippen molar-refractivity contribution >= 4 is 23.5 Å². The molecule has 0 aliphatic rings. The van der Waals surface area contributed by atoms with Gasteiger partial charge in [0.1, 0.15) is 0 Å². The van der Waals surface area contributed by atoms with Crippen molar-refractivity contribution in [2.45, 2.75) is 39.8 Å². The van der Waals surface area contributed by atoms with Gasteiger partial charge < -0.3 is 10.4 Å². The molecule has 2 N–H and O–H groups in total. The molecule has 1 amide bonds. The van der Waals surface area contributed by atoms with E-state index in [-0.39, 0.29) is 18.9 Å². The maximum absolute atomic E-state index is 12.0. The summed E-state index contributed by atoms with van der Waals surface area (Å²) >= 11 is 6.09. The van der Waals surface area contributed by atoms with Crippen LogP contribution in [0.25, 0.3) is 0 Å². The minimum Gasteiger partial charge on any atom is -0.481 e. The van der Waals surface area contributed by atoms with Gasteiger partial charge in [-0.3, -0.25) is 19.0 Å².